The van der Waals surface area contributed by atoms with Gasteiger partial charge in [0.15, 0.2) is 11.5 Å². The second kappa shape index (κ2) is 11.3. The number of nitrogens with zero attached hydrogens (tertiary/aromatic N) is 3. The molecule has 4 rings (SSSR count). The number of carbonyl (C=O) groups excluding carboxylic acids is 2. The first-order chi connectivity index (χ1) is 17.7. The van der Waals surface area contributed by atoms with E-state index in [0.717, 1.165) is 42.6 Å². The SMILES string of the molecule is C=CCOC(=O)N1CCN(C(=O)c2cccc3c2CN(C(C)(C)CCc2ccc(O)c(OC)c2)C3)CC1. The molecule has 2 heterocycles. The largest absolute Gasteiger partial charge is 0.504 e. The molecule has 1 saturated heterocycles. The van der Waals surface area contributed by atoms with Gasteiger partial charge < -0.3 is 24.4 Å². The van der Waals surface area contributed by atoms with Crippen LogP contribution in [-0.2, 0) is 24.2 Å². The van der Waals surface area contributed by atoms with Gasteiger partial charge in [-0.15, -0.1) is 0 Å². The second-order valence-electron chi connectivity index (χ2n) is 10.3. The van der Waals surface area contributed by atoms with Crippen molar-refractivity contribution in [1.29, 1.82) is 0 Å². The molecule has 8 nitrogen and oxygen atoms in total. The van der Waals surface area contributed by atoms with E-state index >= 15 is 0 Å². The number of aryl methyl sites for hydroxylation is 1. The van der Waals surface area contributed by atoms with Crippen molar-refractivity contribution in [1.82, 2.24) is 14.7 Å². The Morgan fingerprint density at radius 3 is 2.51 bits per heavy atom. The first-order valence-electron chi connectivity index (χ1n) is 12.8. The Morgan fingerprint density at radius 2 is 1.81 bits per heavy atom. The predicted octanol–water partition coefficient (Wildman–Crippen LogP) is 4.21. The molecule has 198 valence electrons. The van der Waals surface area contributed by atoms with Crippen LogP contribution in [-0.4, -0.2) is 77.2 Å². The molecule has 2 aliphatic heterocycles. The molecule has 2 aromatic rings. The minimum absolute atomic E-state index is 0.0202. The third-order valence-corrected chi connectivity index (χ3v) is 7.49. The van der Waals surface area contributed by atoms with Crippen molar-refractivity contribution >= 4 is 12.0 Å². The Bertz CT molecular complexity index is 1150. The first-order valence-corrected chi connectivity index (χ1v) is 12.8. The van der Waals surface area contributed by atoms with Gasteiger partial charge in [-0.05, 0) is 61.6 Å². The van der Waals surface area contributed by atoms with E-state index in [-0.39, 0.29) is 29.9 Å². The van der Waals surface area contributed by atoms with Gasteiger partial charge >= 0.3 is 6.09 Å². The van der Waals surface area contributed by atoms with Crippen LogP contribution >= 0.6 is 0 Å². The summed E-state index contributed by atoms with van der Waals surface area (Å²) >= 11 is 0. The second-order valence-corrected chi connectivity index (χ2v) is 10.3. The quantitative estimate of drug-likeness (QED) is 0.539. The van der Waals surface area contributed by atoms with Crippen LogP contribution in [0.15, 0.2) is 49.1 Å². The summed E-state index contributed by atoms with van der Waals surface area (Å²) in [5, 5.41) is 9.88. The average molecular weight is 508 g/mol. The Morgan fingerprint density at radius 1 is 1.08 bits per heavy atom. The van der Waals surface area contributed by atoms with Gasteiger partial charge in [-0.3, -0.25) is 9.69 Å². The molecule has 0 bridgehead atoms. The molecule has 0 aliphatic carbocycles. The minimum Gasteiger partial charge on any atom is -0.504 e. The monoisotopic (exact) mass is 507 g/mol. The van der Waals surface area contributed by atoms with Crippen molar-refractivity contribution in [3.05, 3.63) is 71.3 Å². The van der Waals surface area contributed by atoms with Crippen molar-refractivity contribution in [3.63, 3.8) is 0 Å². The van der Waals surface area contributed by atoms with Gasteiger partial charge in [0, 0.05) is 50.4 Å². The van der Waals surface area contributed by atoms with Crippen LogP contribution in [0, 0.1) is 0 Å². The maximum atomic E-state index is 13.5. The highest BCUT2D eigenvalue weighted by Crippen LogP contribution is 2.35. The summed E-state index contributed by atoms with van der Waals surface area (Å²) in [5.74, 6) is 0.653. The van der Waals surface area contributed by atoms with Gasteiger partial charge in [-0.2, -0.15) is 0 Å². The van der Waals surface area contributed by atoms with Gasteiger partial charge in [0.1, 0.15) is 6.61 Å². The Balaban J connectivity index is 1.39. The molecule has 8 heteroatoms. The number of carbonyl (C=O) groups is 2. The van der Waals surface area contributed by atoms with Crippen LogP contribution in [0.5, 0.6) is 11.5 Å². The van der Waals surface area contributed by atoms with Crippen LogP contribution in [0.25, 0.3) is 0 Å². The summed E-state index contributed by atoms with van der Waals surface area (Å²) in [4.78, 5) is 31.5. The highest BCUT2D eigenvalue weighted by molar-refractivity contribution is 5.96. The lowest BCUT2D eigenvalue weighted by molar-refractivity contribution is 0.0578. The molecule has 2 aliphatic rings. The summed E-state index contributed by atoms with van der Waals surface area (Å²) in [5.41, 5.74) is 4.06. The van der Waals surface area contributed by atoms with Gasteiger partial charge in [0.05, 0.1) is 7.11 Å². The molecule has 0 saturated carbocycles. The Kier molecular flexibility index (Phi) is 8.07. The molecule has 1 N–H and O–H groups in total. The molecule has 0 unspecified atom stereocenters. The molecule has 1 fully saturated rings. The predicted molar refractivity (Wildman–Crippen MR) is 142 cm³/mol. The molecule has 0 radical (unpaired) electrons. The number of ether oxygens (including phenoxy) is 2. The van der Waals surface area contributed by atoms with E-state index in [9.17, 15) is 14.7 Å². The van der Waals surface area contributed by atoms with Crippen LogP contribution in [0.3, 0.4) is 0 Å². The first kappa shape index (κ1) is 26.5. The fourth-order valence-electron chi connectivity index (χ4n) is 5.02. The summed E-state index contributed by atoms with van der Waals surface area (Å²) in [7, 11) is 1.56. The number of fused-ring (bicyclic) bond motifs is 1. The van der Waals surface area contributed by atoms with Crippen molar-refractivity contribution in [2.75, 3.05) is 39.9 Å². The Labute approximate surface area is 219 Å². The molecule has 0 spiro atoms. The number of hydrogen-bond acceptors (Lipinski definition) is 6. The summed E-state index contributed by atoms with van der Waals surface area (Å²) in [6.45, 7) is 11.6. The van der Waals surface area contributed by atoms with E-state index in [1.807, 2.05) is 29.2 Å². The normalized spacial score (nSPS) is 15.9. The van der Waals surface area contributed by atoms with E-state index in [1.54, 1.807) is 24.2 Å². The maximum absolute atomic E-state index is 13.5. The van der Waals surface area contributed by atoms with Gasteiger partial charge in [0.2, 0.25) is 0 Å². The zero-order chi connectivity index (χ0) is 26.6. The molecule has 0 aromatic heterocycles. The van der Waals surface area contributed by atoms with E-state index < -0.39 is 0 Å². The fraction of sp³-hybridized carbons (Fsp3) is 0.448. The maximum Gasteiger partial charge on any atom is 0.410 e. The third-order valence-electron chi connectivity index (χ3n) is 7.49. The lowest BCUT2D eigenvalue weighted by Crippen LogP contribution is -2.50. The number of piperazine rings is 1. The summed E-state index contributed by atoms with van der Waals surface area (Å²) < 4.78 is 10.4. The van der Waals surface area contributed by atoms with Crippen LogP contribution in [0.2, 0.25) is 0 Å². The van der Waals surface area contributed by atoms with Gasteiger partial charge in [-0.1, -0.05) is 30.9 Å². The fourth-order valence-corrected chi connectivity index (χ4v) is 5.02. The van der Waals surface area contributed by atoms with Crippen molar-refractivity contribution < 1.29 is 24.2 Å². The van der Waals surface area contributed by atoms with Crippen molar-refractivity contribution in [2.45, 2.75) is 45.3 Å². The molecular formula is C29H37N3O5. The number of hydrogen-bond donors (Lipinski definition) is 1. The minimum atomic E-state index is -0.365. The zero-order valence-corrected chi connectivity index (χ0v) is 22.0. The van der Waals surface area contributed by atoms with Crippen LogP contribution < -0.4 is 4.74 Å². The number of amides is 2. The smallest absolute Gasteiger partial charge is 0.410 e. The molecule has 37 heavy (non-hydrogen) atoms. The standard InChI is InChI=1S/C29H37N3O5/c1-5-17-37-28(35)31-15-13-30(14-16-31)27(34)23-8-6-7-22-19-32(20-24(22)23)29(2,3)12-11-21-9-10-25(33)26(18-21)36-4/h5-10,18,33H,1,11-17,19-20H2,2-4H3. The number of benzene rings is 2. The highest BCUT2D eigenvalue weighted by Gasteiger charge is 2.35. The number of methoxy groups -OCH3 is 1. The van der Waals surface area contributed by atoms with Gasteiger partial charge in [0.25, 0.3) is 5.91 Å². The third kappa shape index (κ3) is 5.91. The van der Waals surface area contributed by atoms with Crippen LogP contribution in [0.4, 0.5) is 4.79 Å². The highest BCUT2D eigenvalue weighted by atomic mass is 16.6. The van der Waals surface area contributed by atoms with Crippen LogP contribution in [0.1, 0.15) is 47.3 Å². The number of phenolic OH excluding ortho intramolecular Hbond substituents is 1. The summed E-state index contributed by atoms with van der Waals surface area (Å²) in [6, 6.07) is 11.5. The topological polar surface area (TPSA) is 82.6 Å². The molecular weight excluding hydrogens is 470 g/mol. The summed E-state index contributed by atoms with van der Waals surface area (Å²) in [6.07, 6.45) is 2.95. The van der Waals surface area contributed by atoms with Gasteiger partial charge in [-0.25, -0.2) is 4.79 Å². The number of rotatable bonds is 8. The lowest BCUT2D eigenvalue weighted by Gasteiger charge is -2.36. The van der Waals surface area contributed by atoms with E-state index in [1.165, 1.54) is 5.56 Å². The Hall–Kier alpha value is -3.52. The molecule has 2 aromatic carbocycles. The zero-order valence-electron chi connectivity index (χ0n) is 22.0. The molecule has 0 atom stereocenters. The van der Waals surface area contributed by atoms with Crippen molar-refractivity contribution in [3.8, 4) is 11.5 Å². The molecule has 2 amide bonds. The number of aromatic hydroxyl groups is 1. The van der Waals surface area contributed by atoms with E-state index in [4.69, 9.17) is 9.47 Å². The average Bonchev–Trinajstić information content (AvgIpc) is 3.37. The van der Waals surface area contributed by atoms with Crippen molar-refractivity contribution in [2.24, 2.45) is 0 Å². The lowest BCUT2D eigenvalue weighted by atomic mass is 9.93. The number of phenols is 1. The van der Waals surface area contributed by atoms with E-state index in [2.05, 4.69) is 31.4 Å². The van der Waals surface area contributed by atoms with E-state index in [0.29, 0.717) is 31.9 Å².